The van der Waals surface area contributed by atoms with E-state index in [0.717, 1.165) is 0 Å². The predicted molar refractivity (Wildman–Crippen MR) is 37.7 cm³/mol. The van der Waals surface area contributed by atoms with Crippen LogP contribution in [0.5, 0.6) is 0 Å². The van der Waals surface area contributed by atoms with Crippen molar-refractivity contribution in [2.75, 3.05) is 0 Å². The fraction of sp³-hybridized carbons (Fsp3) is 0.571. The molecule has 0 spiro atoms. The lowest BCUT2D eigenvalue weighted by Crippen LogP contribution is -2.61. The Balaban J connectivity index is 5.88. The number of carboxylic acids is 1. The third-order valence-electron chi connectivity index (χ3n) is 1.68. The minimum Gasteiger partial charge on any atom is -0.478 e. The molecule has 0 bridgehead atoms. The zero-order valence-electron chi connectivity index (χ0n) is 7.91. The van der Waals surface area contributed by atoms with Crippen LogP contribution in [-0.2, 0) is 4.79 Å². The van der Waals surface area contributed by atoms with Crippen molar-refractivity contribution >= 4 is 5.97 Å². The third kappa shape index (κ3) is 2.70. The second-order valence-electron chi connectivity index (χ2n) is 2.95. The molecule has 1 N–H and O–H groups in total. The van der Waals surface area contributed by atoms with Gasteiger partial charge in [-0.2, -0.15) is 35.1 Å². The molecular weight excluding hydrogens is 287 g/mol. The van der Waals surface area contributed by atoms with Gasteiger partial charge in [0, 0.05) is 6.08 Å². The summed E-state index contributed by atoms with van der Waals surface area (Å²) in [7, 11) is 0. The van der Waals surface area contributed by atoms with Crippen LogP contribution in [-0.4, -0.2) is 35.0 Å². The molecule has 0 heterocycles. The van der Waals surface area contributed by atoms with Crippen LogP contribution in [0.4, 0.5) is 39.5 Å². The van der Waals surface area contributed by atoms with Gasteiger partial charge >= 0.3 is 24.2 Å². The number of carboxylic acid groups (broad SMARTS) is 1. The highest BCUT2D eigenvalue weighted by molar-refractivity contribution is 5.80. The topological polar surface area (TPSA) is 37.3 Å². The van der Waals surface area contributed by atoms with Crippen LogP contribution < -0.4 is 0 Å². The van der Waals surface area contributed by atoms with E-state index in [4.69, 9.17) is 5.11 Å². The number of alkyl halides is 9. The van der Waals surface area contributed by atoms with Crippen molar-refractivity contribution in [2.24, 2.45) is 0 Å². The van der Waals surface area contributed by atoms with Crippen LogP contribution in [0, 0.1) is 0 Å². The van der Waals surface area contributed by atoms with Crippen LogP contribution >= 0.6 is 0 Å². The van der Waals surface area contributed by atoms with E-state index in [2.05, 4.69) is 0 Å². The molecule has 18 heavy (non-hydrogen) atoms. The molecule has 0 aliphatic carbocycles. The van der Waals surface area contributed by atoms with Crippen molar-refractivity contribution in [1.82, 2.24) is 0 Å². The van der Waals surface area contributed by atoms with Crippen LogP contribution in [0.1, 0.15) is 0 Å². The van der Waals surface area contributed by atoms with Crippen LogP contribution in [0.2, 0.25) is 0 Å². The van der Waals surface area contributed by atoms with Crippen molar-refractivity contribution < 1.29 is 49.4 Å². The molecule has 0 aromatic rings. The largest absolute Gasteiger partial charge is 0.478 e. The minimum atomic E-state index is -6.85. The first-order chi connectivity index (χ1) is 7.67. The highest BCUT2D eigenvalue weighted by atomic mass is 19.4. The first-order valence-electron chi connectivity index (χ1n) is 3.79. The van der Waals surface area contributed by atoms with E-state index in [-0.39, 0.29) is 0 Å². The van der Waals surface area contributed by atoms with Gasteiger partial charge < -0.3 is 5.11 Å². The number of rotatable bonds is 3. The summed E-state index contributed by atoms with van der Waals surface area (Å²) >= 11 is 0. The number of hydrogen-bond acceptors (Lipinski definition) is 1. The van der Waals surface area contributed by atoms with Gasteiger partial charge in [0.05, 0.1) is 0 Å². The summed E-state index contributed by atoms with van der Waals surface area (Å²) in [5.74, 6) is -9.15. The van der Waals surface area contributed by atoms with Crippen LogP contribution in [0.3, 0.4) is 0 Å². The van der Waals surface area contributed by atoms with E-state index in [1.165, 1.54) is 0 Å². The van der Waals surface area contributed by atoms with Crippen LogP contribution in [0.25, 0.3) is 0 Å². The molecule has 0 rings (SSSR count). The maximum atomic E-state index is 13.0. The van der Waals surface area contributed by atoms with Gasteiger partial charge in [-0.1, -0.05) is 0 Å². The Morgan fingerprint density at radius 3 is 1.44 bits per heavy atom. The molecule has 0 saturated carbocycles. The van der Waals surface area contributed by atoms with Gasteiger partial charge in [0.2, 0.25) is 0 Å². The fourth-order valence-electron chi connectivity index (χ4n) is 0.770. The normalized spacial score (nSPS) is 17.8. The van der Waals surface area contributed by atoms with E-state index in [1.807, 2.05) is 0 Å². The molecule has 0 aromatic carbocycles. The molecule has 1 atom stereocenters. The first-order valence-corrected chi connectivity index (χ1v) is 3.79. The predicted octanol–water partition coefficient (Wildman–Crippen LogP) is 3.10. The Hall–Kier alpha value is -1.42. The molecule has 106 valence electrons. The smallest absolute Gasteiger partial charge is 0.457 e. The van der Waals surface area contributed by atoms with Crippen molar-refractivity contribution in [3.8, 4) is 0 Å². The SMILES string of the molecule is O=C(O)/C=C\[C@@](F)(C(F)(F)F)C(F)(F)C(F)(F)F. The average Bonchev–Trinajstić information content (AvgIpc) is 2.09. The second-order valence-corrected chi connectivity index (χ2v) is 2.95. The van der Waals surface area contributed by atoms with E-state index in [0.29, 0.717) is 0 Å². The molecule has 2 nitrogen and oxygen atoms in total. The van der Waals surface area contributed by atoms with Crippen molar-refractivity contribution in [2.45, 2.75) is 23.9 Å². The van der Waals surface area contributed by atoms with Crippen molar-refractivity contribution in [1.29, 1.82) is 0 Å². The fourth-order valence-corrected chi connectivity index (χ4v) is 0.770. The average molecular weight is 290 g/mol. The maximum Gasteiger partial charge on any atom is 0.457 e. The summed E-state index contributed by atoms with van der Waals surface area (Å²) in [5, 5.41) is 7.86. The van der Waals surface area contributed by atoms with Gasteiger partial charge in [-0.25, -0.2) is 9.18 Å². The monoisotopic (exact) mass is 290 g/mol. The Bertz CT molecular complexity index is 353. The summed E-state index contributed by atoms with van der Waals surface area (Å²) in [6.07, 6.45) is -15.7. The lowest BCUT2D eigenvalue weighted by molar-refractivity contribution is -0.369. The Labute approximate surface area is 92.7 Å². The molecule has 0 saturated heterocycles. The zero-order chi connectivity index (χ0) is 15.0. The van der Waals surface area contributed by atoms with Crippen molar-refractivity contribution in [3.05, 3.63) is 12.2 Å². The molecule has 0 amide bonds. The van der Waals surface area contributed by atoms with Gasteiger partial charge in [-0.05, 0) is 6.08 Å². The molecule has 0 fully saturated rings. The Kier molecular flexibility index (Phi) is 4.01. The summed E-state index contributed by atoms with van der Waals surface area (Å²) in [5.41, 5.74) is -6.17. The maximum absolute atomic E-state index is 13.0. The van der Waals surface area contributed by atoms with Gasteiger partial charge in [-0.15, -0.1) is 0 Å². The molecule has 11 heteroatoms. The second kappa shape index (κ2) is 4.35. The molecular formula is C7H3F9O2. The standard InChI is InChI=1S/C7H3F9O2/c8-4(6(11,12)13,2-1-3(17)18)5(9,10)7(14,15)16/h1-2H,(H,17,18)/b2-1-/t4-/m0/s1. The van der Waals surface area contributed by atoms with E-state index in [9.17, 15) is 44.3 Å². The van der Waals surface area contributed by atoms with E-state index in [1.54, 1.807) is 0 Å². The molecule has 0 aliphatic heterocycles. The summed E-state index contributed by atoms with van der Waals surface area (Å²) in [6, 6.07) is 0. The van der Waals surface area contributed by atoms with Gasteiger partial charge in [0.15, 0.2) is 0 Å². The molecule has 0 unspecified atom stereocenters. The summed E-state index contributed by atoms with van der Waals surface area (Å²) < 4.78 is 109. The summed E-state index contributed by atoms with van der Waals surface area (Å²) in [4.78, 5) is 9.80. The van der Waals surface area contributed by atoms with E-state index >= 15 is 0 Å². The molecule has 0 aromatic heterocycles. The van der Waals surface area contributed by atoms with Crippen molar-refractivity contribution in [3.63, 3.8) is 0 Å². The van der Waals surface area contributed by atoms with Gasteiger partial charge in [-0.3, -0.25) is 0 Å². The first kappa shape index (κ1) is 16.6. The number of allylic oxidation sites excluding steroid dienone is 1. The van der Waals surface area contributed by atoms with Gasteiger partial charge in [0.1, 0.15) is 0 Å². The zero-order valence-corrected chi connectivity index (χ0v) is 7.91. The Morgan fingerprint density at radius 2 is 1.22 bits per heavy atom. The van der Waals surface area contributed by atoms with Crippen LogP contribution in [0.15, 0.2) is 12.2 Å². The lowest BCUT2D eigenvalue weighted by Gasteiger charge is -2.33. The quantitative estimate of drug-likeness (QED) is 0.640. The minimum absolute atomic E-state index is 0.785. The lowest BCUT2D eigenvalue weighted by atomic mass is 9.95. The number of aliphatic carboxylic acids is 1. The molecule has 0 aliphatic rings. The number of hydrogen-bond donors (Lipinski definition) is 1. The highest BCUT2D eigenvalue weighted by Crippen LogP contribution is 2.53. The highest BCUT2D eigenvalue weighted by Gasteiger charge is 2.80. The number of carbonyl (C=O) groups is 1. The summed E-state index contributed by atoms with van der Waals surface area (Å²) in [6.45, 7) is 0. The van der Waals surface area contributed by atoms with E-state index < -0.39 is 42.1 Å². The van der Waals surface area contributed by atoms with Gasteiger partial charge in [0.25, 0.3) is 5.67 Å². The third-order valence-corrected chi connectivity index (χ3v) is 1.68. The molecule has 0 radical (unpaired) electrons. The Morgan fingerprint density at radius 1 is 0.833 bits per heavy atom. The number of halogens is 9.